The first kappa shape index (κ1) is 29.5. The Hall–Kier alpha value is -1.80. The van der Waals surface area contributed by atoms with Gasteiger partial charge in [0.15, 0.2) is 0 Å². The van der Waals surface area contributed by atoms with Gasteiger partial charge in [-0.25, -0.2) is 20.4 Å². The Morgan fingerprint density at radius 2 is 1.24 bits per heavy atom. The lowest BCUT2D eigenvalue weighted by atomic mass is 10.2. The number of aliphatic hydroxyl groups is 1. The van der Waals surface area contributed by atoms with Crippen LogP contribution in [0.5, 0.6) is 0 Å². The molecular formula is C12H24N2O3. The van der Waals surface area contributed by atoms with E-state index in [0.717, 1.165) is 18.6 Å². The summed E-state index contributed by atoms with van der Waals surface area (Å²) in [4.78, 5) is 16.7. The normalized spacial score (nSPS) is 5.29. The molecule has 0 aromatic rings. The SMILES string of the molecule is C=C.C=C.CCCCCCO.N=C=O.N=C=O. The fourth-order valence-corrected chi connectivity index (χ4v) is 0.539. The summed E-state index contributed by atoms with van der Waals surface area (Å²) in [5.74, 6) is 0. The average molecular weight is 244 g/mol. The fraction of sp³-hybridized carbons (Fsp3) is 0.500. The average Bonchev–Trinajstić information content (AvgIpc) is 2.37. The predicted molar refractivity (Wildman–Crippen MR) is 70.6 cm³/mol. The molecule has 0 saturated heterocycles. The van der Waals surface area contributed by atoms with Gasteiger partial charge in [-0.05, 0) is 6.42 Å². The minimum absolute atomic E-state index is 0.361. The van der Waals surface area contributed by atoms with Crippen molar-refractivity contribution < 1.29 is 14.7 Å². The van der Waals surface area contributed by atoms with E-state index in [1.165, 1.54) is 19.3 Å². The highest BCUT2D eigenvalue weighted by atomic mass is 16.2. The molecule has 0 fully saturated rings. The number of hydrogen-bond acceptors (Lipinski definition) is 5. The number of unbranched alkanes of at least 4 members (excludes halogenated alkanes) is 3. The Morgan fingerprint density at radius 1 is 0.941 bits per heavy atom. The molecule has 0 aliphatic rings. The molecule has 0 aliphatic heterocycles. The molecule has 0 bridgehead atoms. The van der Waals surface area contributed by atoms with Crippen molar-refractivity contribution >= 4 is 12.2 Å². The van der Waals surface area contributed by atoms with Gasteiger partial charge >= 0.3 is 0 Å². The Balaban J connectivity index is -0.0000000408. The standard InChI is InChI=1S/C6H14O.2C2H4.2CHNO/c1-2-3-4-5-6-7;2*1-2;2*2-1-3/h7H,2-6H2,1H3;2*1-2H2;2*2H. The van der Waals surface area contributed by atoms with Crippen LogP contribution in [-0.4, -0.2) is 23.9 Å². The molecule has 0 atom stereocenters. The van der Waals surface area contributed by atoms with Crippen LogP contribution in [0, 0.1) is 10.8 Å². The van der Waals surface area contributed by atoms with Crippen LogP contribution >= 0.6 is 0 Å². The van der Waals surface area contributed by atoms with E-state index in [1.807, 2.05) is 0 Å². The van der Waals surface area contributed by atoms with E-state index in [9.17, 15) is 0 Å². The molecule has 0 rings (SSSR count). The monoisotopic (exact) mass is 244 g/mol. The molecule has 0 aromatic heterocycles. The third kappa shape index (κ3) is 437. The molecule has 5 heteroatoms. The Labute approximate surface area is 104 Å². The number of nitrogens with one attached hydrogen (secondary N) is 2. The Kier molecular flexibility index (Phi) is 159. The van der Waals surface area contributed by atoms with Gasteiger partial charge in [0.05, 0.1) is 0 Å². The molecule has 100 valence electrons. The van der Waals surface area contributed by atoms with Gasteiger partial charge in [0, 0.05) is 6.61 Å². The van der Waals surface area contributed by atoms with E-state index in [-0.39, 0.29) is 0 Å². The Bertz CT molecular complexity index is 143. The molecule has 0 radical (unpaired) electrons. The lowest BCUT2D eigenvalue weighted by molar-refractivity contribution is 0.283. The zero-order chi connectivity index (χ0) is 14.9. The maximum Gasteiger partial charge on any atom is 0.231 e. The highest BCUT2D eigenvalue weighted by Crippen LogP contribution is 1.95. The molecular weight excluding hydrogens is 220 g/mol. The number of isocyanates is 2. The van der Waals surface area contributed by atoms with E-state index in [0.29, 0.717) is 6.61 Å². The summed E-state index contributed by atoms with van der Waals surface area (Å²) in [5, 5.41) is 19.1. The minimum atomic E-state index is 0.361. The van der Waals surface area contributed by atoms with Crippen LogP contribution in [0.25, 0.3) is 0 Å². The summed E-state index contributed by atoms with van der Waals surface area (Å²) in [5.41, 5.74) is 0. The second kappa shape index (κ2) is 91.5. The summed E-state index contributed by atoms with van der Waals surface area (Å²) in [6, 6.07) is 0. The lowest BCUT2D eigenvalue weighted by Gasteiger charge is -1.90. The van der Waals surface area contributed by atoms with Crippen molar-refractivity contribution in [2.24, 2.45) is 0 Å². The first-order valence-corrected chi connectivity index (χ1v) is 4.93. The quantitative estimate of drug-likeness (QED) is 0.306. The third-order valence-corrected chi connectivity index (χ3v) is 1.01. The molecule has 0 unspecified atom stereocenters. The molecule has 0 heterocycles. The summed E-state index contributed by atoms with van der Waals surface area (Å²) in [6.45, 7) is 14.5. The van der Waals surface area contributed by atoms with Gasteiger partial charge in [0.25, 0.3) is 0 Å². The van der Waals surface area contributed by atoms with Crippen LogP contribution in [0.15, 0.2) is 26.3 Å². The van der Waals surface area contributed by atoms with Crippen molar-refractivity contribution in [2.75, 3.05) is 6.61 Å². The van der Waals surface area contributed by atoms with Crippen molar-refractivity contribution in [3.63, 3.8) is 0 Å². The van der Waals surface area contributed by atoms with Crippen LogP contribution in [-0.2, 0) is 9.59 Å². The summed E-state index contributed by atoms with van der Waals surface area (Å²) >= 11 is 0. The summed E-state index contributed by atoms with van der Waals surface area (Å²) in [6.07, 6.45) is 6.18. The second-order valence-electron chi connectivity index (χ2n) is 1.99. The predicted octanol–water partition coefficient (Wildman–Crippen LogP) is 2.97. The number of hydrogen-bond donors (Lipinski definition) is 3. The topological polar surface area (TPSA) is 102 Å². The molecule has 0 saturated carbocycles. The van der Waals surface area contributed by atoms with Crippen molar-refractivity contribution in [3.05, 3.63) is 26.3 Å². The van der Waals surface area contributed by atoms with E-state index < -0.39 is 0 Å². The molecule has 0 aliphatic carbocycles. The van der Waals surface area contributed by atoms with Gasteiger partial charge in [-0.2, -0.15) is 0 Å². The molecule has 5 nitrogen and oxygen atoms in total. The maximum absolute atomic E-state index is 8.35. The molecule has 17 heavy (non-hydrogen) atoms. The summed E-state index contributed by atoms with van der Waals surface area (Å²) in [7, 11) is 0. The van der Waals surface area contributed by atoms with Gasteiger partial charge in [-0.15, -0.1) is 26.3 Å². The van der Waals surface area contributed by atoms with Gasteiger partial charge in [0.2, 0.25) is 12.2 Å². The fourth-order valence-electron chi connectivity index (χ4n) is 0.539. The van der Waals surface area contributed by atoms with Crippen LogP contribution in [0.3, 0.4) is 0 Å². The van der Waals surface area contributed by atoms with Gasteiger partial charge in [-0.1, -0.05) is 26.2 Å². The van der Waals surface area contributed by atoms with Crippen molar-refractivity contribution in [3.8, 4) is 0 Å². The third-order valence-electron chi connectivity index (χ3n) is 1.01. The van der Waals surface area contributed by atoms with Gasteiger partial charge < -0.3 is 5.11 Å². The molecule has 0 spiro atoms. The van der Waals surface area contributed by atoms with Gasteiger partial charge in [-0.3, -0.25) is 0 Å². The van der Waals surface area contributed by atoms with E-state index in [1.54, 1.807) is 0 Å². The van der Waals surface area contributed by atoms with Crippen LogP contribution in [0.2, 0.25) is 0 Å². The molecule has 0 aromatic carbocycles. The van der Waals surface area contributed by atoms with Crippen molar-refractivity contribution in [1.29, 1.82) is 10.8 Å². The highest BCUT2D eigenvalue weighted by Gasteiger charge is 1.80. The van der Waals surface area contributed by atoms with E-state index in [4.69, 9.17) is 25.5 Å². The van der Waals surface area contributed by atoms with E-state index >= 15 is 0 Å². The lowest BCUT2D eigenvalue weighted by Crippen LogP contribution is -1.80. The first-order valence-electron chi connectivity index (χ1n) is 4.93. The number of carbonyl (C=O) groups excluding carboxylic acids is 2. The first-order chi connectivity index (χ1) is 8.24. The summed E-state index contributed by atoms with van der Waals surface area (Å²) < 4.78 is 0. The minimum Gasteiger partial charge on any atom is -0.396 e. The molecule has 0 amide bonds. The van der Waals surface area contributed by atoms with Crippen LogP contribution in [0.1, 0.15) is 32.6 Å². The van der Waals surface area contributed by atoms with Crippen molar-refractivity contribution in [2.45, 2.75) is 32.6 Å². The van der Waals surface area contributed by atoms with Crippen LogP contribution < -0.4 is 0 Å². The highest BCUT2D eigenvalue weighted by molar-refractivity contribution is 5.26. The van der Waals surface area contributed by atoms with E-state index in [2.05, 4.69) is 33.2 Å². The smallest absolute Gasteiger partial charge is 0.231 e. The maximum atomic E-state index is 8.35. The Morgan fingerprint density at radius 3 is 1.41 bits per heavy atom. The zero-order valence-electron chi connectivity index (χ0n) is 10.6. The number of aliphatic hydroxyl groups excluding tert-OH is 1. The zero-order valence-corrected chi connectivity index (χ0v) is 10.6. The second-order valence-corrected chi connectivity index (χ2v) is 1.99. The van der Waals surface area contributed by atoms with Crippen LogP contribution in [0.4, 0.5) is 0 Å². The van der Waals surface area contributed by atoms with Gasteiger partial charge in [0.1, 0.15) is 0 Å². The molecule has 3 N–H and O–H groups in total. The largest absolute Gasteiger partial charge is 0.396 e. The van der Waals surface area contributed by atoms with Crippen molar-refractivity contribution in [1.82, 2.24) is 0 Å². The number of rotatable bonds is 4.